The monoisotopic (exact) mass is 205 g/mol. The second-order valence-corrected chi connectivity index (χ2v) is 3.01. The fraction of sp³-hybridized carbons (Fsp3) is 0. The van der Waals surface area contributed by atoms with E-state index in [2.05, 4.69) is 9.91 Å². The van der Waals surface area contributed by atoms with Crippen LogP contribution in [0.5, 0.6) is 0 Å². The van der Waals surface area contributed by atoms with Crippen molar-refractivity contribution < 1.29 is 14.6 Å². The lowest BCUT2D eigenvalue weighted by molar-refractivity contribution is 0.0953. The van der Waals surface area contributed by atoms with E-state index in [0.29, 0.717) is 16.6 Å². The summed E-state index contributed by atoms with van der Waals surface area (Å²) in [6.45, 7) is 0. The Morgan fingerprint density at radius 2 is 2.40 bits per heavy atom. The summed E-state index contributed by atoms with van der Waals surface area (Å²) in [5.41, 5.74) is 3.57. The van der Waals surface area contributed by atoms with Crippen molar-refractivity contribution in [3.8, 4) is 0 Å². The van der Waals surface area contributed by atoms with Crippen LogP contribution >= 0.6 is 0 Å². The number of rotatable bonds is 1. The van der Waals surface area contributed by atoms with Crippen LogP contribution in [0.25, 0.3) is 0 Å². The molecule has 1 heterocycles. The number of amides is 1. The molecule has 0 unspecified atom stereocenters. The molecule has 0 saturated carbocycles. The average molecular weight is 205 g/mol. The number of nitrogens with zero attached hydrogens (tertiary/aromatic N) is 1. The Labute approximate surface area is 85.8 Å². The number of fused-ring (bicyclic) bond motifs is 1. The van der Waals surface area contributed by atoms with Crippen molar-refractivity contribution in [1.29, 1.82) is 0 Å². The summed E-state index contributed by atoms with van der Waals surface area (Å²) in [5.74, 6) is 4.57. The molecule has 0 saturated heterocycles. The fourth-order valence-electron chi connectivity index (χ4n) is 1.33. The molecule has 1 aliphatic heterocycles. The van der Waals surface area contributed by atoms with Gasteiger partial charge in [0, 0.05) is 11.0 Å². The van der Waals surface area contributed by atoms with Gasteiger partial charge in [-0.2, -0.15) is 0 Å². The van der Waals surface area contributed by atoms with E-state index in [1.54, 1.807) is 12.1 Å². The minimum atomic E-state index is -1.14. The number of nitrogen functional groups attached to an aromatic ring is 1. The summed E-state index contributed by atoms with van der Waals surface area (Å²) in [6.07, 6.45) is 1.46. The Bertz CT molecular complexity index is 435. The minimum absolute atomic E-state index is 0.356. The molecule has 1 aliphatic rings. The van der Waals surface area contributed by atoms with Gasteiger partial charge in [-0.05, 0) is 17.7 Å². The molecule has 0 fully saturated rings. The number of nitrogens with one attached hydrogen (secondary N) is 1. The Morgan fingerprint density at radius 3 is 3.13 bits per heavy atom. The van der Waals surface area contributed by atoms with E-state index in [0.717, 1.165) is 0 Å². The van der Waals surface area contributed by atoms with Gasteiger partial charge in [0.25, 0.3) is 5.91 Å². The number of nitrogens with two attached hydrogens (primary N) is 1. The maximum atomic E-state index is 11.2. The van der Waals surface area contributed by atoms with Crippen molar-refractivity contribution in [3.63, 3.8) is 0 Å². The SMILES string of the molecule is NNC(=O)c1ccc2c(c1)B(O)ON=C2. The minimum Gasteiger partial charge on any atom is -0.427 e. The number of carbonyl (C=O) groups excluding carboxylic acids is 1. The van der Waals surface area contributed by atoms with E-state index in [1.807, 2.05) is 5.43 Å². The third-order valence-electron chi connectivity index (χ3n) is 2.10. The van der Waals surface area contributed by atoms with Crippen molar-refractivity contribution in [2.45, 2.75) is 0 Å². The van der Waals surface area contributed by atoms with Gasteiger partial charge >= 0.3 is 7.12 Å². The number of hydrogen-bond donors (Lipinski definition) is 3. The molecule has 0 bridgehead atoms. The standard InChI is InChI=1S/C8H8BN3O3/c10-12-8(13)5-1-2-6-4-11-15-9(14)7(6)3-5/h1-4,14H,10H2,(H,12,13). The van der Waals surface area contributed by atoms with E-state index in [4.69, 9.17) is 5.84 Å². The lowest BCUT2D eigenvalue weighted by Crippen LogP contribution is -2.39. The van der Waals surface area contributed by atoms with Crippen molar-refractivity contribution >= 4 is 24.7 Å². The van der Waals surface area contributed by atoms with E-state index in [9.17, 15) is 9.82 Å². The molecule has 0 radical (unpaired) electrons. The molecule has 15 heavy (non-hydrogen) atoms. The number of hydrazine groups is 1. The summed E-state index contributed by atoms with van der Waals surface area (Å²) >= 11 is 0. The molecule has 0 atom stereocenters. The molecular formula is C8H8BN3O3. The van der Waals surface area contributed by atoms with Crippen LogP contribution in [0.3, 0.4) is 0 Å². The Balaban J connectivity index is 2.44. The van der Waals surface area contributed by atoms with Crippen LogP contribution in [0.4, 0.5) is 0 Å². The van der Waals surface area contributed by atoms with Crippen LogP contribution in [0.1, 0.15) is 15.9 Å². The summed E-state index contributed by atoms with van der Waals surface area (Å²) in [5, 5.41) is 12.9. The average Bonchev–Trinajstić information content (AvgIpc) is 2.28. The third kappa shape index (κ3) is 1.70. The molecule has 0 aromatic heterocycles. The second-order valence-electron chi connectivity index (χ2n) is 3.01. The van der Waals surface area contributed by atoms with Crippen LogP contribution in [0.15, 0.2) is 23.4 Å². The highest BCUT2D eigenvalue weighted by molar-refractivity contribution is 6.62. The summed E-state index contributed by atoms with van der Waals surface area (Å²) in [7, 11) is -1.14. The summed E-state index contributed by atoms with van der Waals surface area (Å²) in [6, 6.07) is 4.76. The van der Waals surface area contributed by atoms with Gasteiger partial charge in [-0.3, -0.25) is 10.2 Å². The van der Waals surface area contributed by atoms with Gasteiger partial charge in [0.2, 0.25) is 0 Å². The maximum Gasteiger partial charge on any atom is 0.583 e. The molecule has 6 nitrogen and oxygen atoms in total. The number of carbonyl (C=O) groups is 1. The predicted molar refractivity (Wildman–Crippen MR) is 54.4 cm³/mol. The zero-order valence-electron chi connectivity index (χ0n) is 7.68. The number of hydrogen-bond acceptors (Lipinski definition) is 5. The van der Waals surface area contributed by atoms with Gasteiger partial charge in [0.1, 0.15) is 0 Å². The van der Waals surface area contributed by atoms with Crippen molar-refractivity contribution in [1.82, 2.24) is 5.43 Å². The zero-order chi connectivity index (χ0) is 10.8. The first-order chi connectivity index (χ1) is 7.22. The molecule has 1 amide bonds. The highest BCUT2D eigenvalue weighted by Crippen LogP contribution is 2.05. The van der Waals surface area contributed by atoms with E-state index in [1.165, 1.54) is 12.3 Å². The highest BCUT2D eigenvalue weighted by atomic mass is 16.6. The Kier molecular flexibility index (Phi) is 2.40. The van der Waals surface area contributed by atoms with Gasteiger partial charge in [-0.1, -0.05) is 6.07 Å². The summed E-state index contributed by atoms with van der Waals surface area (Å²) in [4.78, 5) is 11.2. The molecule has 7 heteroatoms. The normalized spacial score (nSPS) is 13.1. The predicted octanol–water partition coefficient (Wildman–Crippen LogP) is -1.66. The highest BCUT2D eigenvalue weighted by Gasteiger charge is 2.25. The number of benzene rings is 1. The maximum absolute atomic E-state index is 11.2. The Morgan fingerprint density at radius 1 is 1.60 bits per heavy atom. The van der Waals surface area contributed by atoms with Crippen LogP contribution in [0, 0.1) is 0 Å². The molecule has 4 N–H and O–H groups in total. The van der Waals surface area contributed by atoms with Crippen molar-refractivity contribution in [2.24, 2.45) is 11.0 Å². The topological polar surface area (TPSA) is 96.9 Å². The van der Waals surface area contributed by atoms with Gasteiger partial charge in [-0.15, -0.1) is 5.16 Å². The molecular weight excluding hydrogens is 197 g/mol. The van der Waals surface area contributed by atoms with Gasteiger partial charge < -0.3 is 9.78 Å². The molecule has 1 aromatic rings. The van der Waals surface area contributed by atoms with E-state index >= 15 is 0 Å². The summed E-state index contributed by atoms with van der Waals surface area (Å²) < 4.78 is 4.63. The van der Waals surface area contributed by atoms with E-state index < -0.39 is 13.0 Å². The van der Waals surface area contributed by atoms with Gasteiger partial charge in [-0.25, -0.2) is 5.84 Å². The Hall–Kier alpha value is -1.86. The second kappa shape index (κ2) is 3.72. The van der Waals surface area contributed by atoms with Crippen LogP contribution in [0.2, 0.25) is 0 Å². The fourth-order valence-corrected chi connectivity index (χ4v) is 1.33. The molecule has 76 valence electrons. The van der Waals surface area contributed by atoms with Gasteiger partial charge in [0.05, 0.1) is 6.21 Å². The van der Waals surface area contributed by atoms with Crippen molar-refractivity contribution in [2.75, 3.05) is 0 Å². The first kappa shape index (κ1) is 9.69. The number of oxime groups is 1. The third-order valence-corrected chi connectivity index (χ3v) is 2.10. The van der Waals surface area contributed by atoms with E-state index in [-0.39, 0.29) is 0 Å². The van der Waals surface area contributed by atoms with Crippen LogP contribution in [-0.4, -0.2) is 24.3 Å². The van der Waals surface area contributed by atoms with Crippen molar-refractivity contribution in [3.05, 3.63) is 29.3 Å². The quantitative estimate of drug-likeness (QED) is 0.221. The lowest BCUT2D eigenvalue weighted by atomic mass is 9.75. The first-order valence-corrected chi connectivity index (χ1v) is 4.24. The lowest BCUT2D eigenvalue weighted by Gasteiger charge is -2.13. The van der Waals surface area contributed by atoms with Gasteiger partial charge in [0.15, 0.2) is 0 Å². The molecule has 1 aromatic carbocycles. The molecule has 0 spiro atoms. The zero-order valence-corrected chi connectivity index (χ0v) is 7.68. The molecule has 2 rings (SSSR count). The molecule has 0 aliphatic carbocycles. The van der Waals surface area contributed by atoms with Crippen LogP contribution < -0.4 is 16.7 Å². The largest absolute Gasteiger partial charge is 0.583 e. The van der Waals surface area contributed by atoms with Crippen LogP contribution in [-0.2, 0) is 4.76 Å². The smallest absolute Gasteiger partial charge is 0.427 e. The first-order valence-electron chi connectivity index (χ1n) is 4.24.